The molecule has 10 nitrogen and oxygen atoms in total. The number of hydrogen-bond donors (Lipinski definition) is 0. The van der Waals surface area contributed by atoms with Crippen molar-refractivity contribution in [3.05, 3.63) is 69.0 Å². The molecule has 2 aromatic heterocycles. The van der Waals surface area contributed by atoms with Gasteiger partial charge in [0.25, 0.3) is 11.5 Å². The molecule has 6 rings (SSSR count). The zero-order chi connectivity index (χ0) is 28.3. The Bertz CT molecular complexity index is 1570. The molecule has 41 heavy (non-hydrogen) atoms. The van der Waals surface area contributed by atoms with Crippen molar-refractivity contribution in [2.24, 2.45) is 0 Å². The van der Waals surface area contributed by atoms with Crippen molar-refractivity contribution in [3.8, 4) is 11.5 Å². The molecular formula is C29H31N5O5S2. The lowest BCUT2D eigenvalue weighted by Gasteiger charge is -2.36. The van der Waals surface area contributed by atoms with Crippen molar-refractivity contribution < 1.29 is 19.0 Å². The maximum absolute atomic E-state index is 13.7. The van der Waals surface area contributed by atoms with Crippen molar-refractivity contribution in [2.75, 3.05) is 57.6 Å². The lowest BCUT2D eigenvalue weighted by Crippen LogP contribution is -2.47. The van der Waals surface area contributed by atoms with Crippen LogP contribution in [-0.2, 0) is 16.1 Å². The number of amides is 1. The molecule has 0 saturated carbocycles. The van der Waals surface area contributed by atoms with Crippen LogP contribution >= 0.6 is 24.0 Å². The van der Waals surface area contributed by atoms with Gasteiger partial charge in [-0.05, 0) is 49.2 Å². The number of aromatic nitrogens is 2. The van der Waals surface area contributed by atoms with Crippen molar-refractivity contribution >= 4 is 51.7 Å². The number of piperazine rings is 1. The zero-order valence-corrected chi connectivity index (χ0v) is 24.4. The first-order valence-electron chi connectivity index (χ1n) is 13.7. The topological polar surface area (TPSA) is 88.8 Å². The molecule has 0 bridgehead atoms. The Morgan fingerprint density at radius 1 is 1.10 bits per heavy atom. The molecule has 3 aliphatic heterocycles. The SMILES string of the molecule is CCOCCCN1C(=O)/C(=C\c2c(N3CCN(Cc4ccc5c(c4)OCO5)CC3)nc3ccccn3c2=O)SC1=S. The van der Waals surface area contributed by atoms with Crippen LogP contribution in [-0.4, -0.2) is 82.1 Å². The molecule has 3 aliphatic rings. The fraction of sp³-hybridized carbons (Fsp3) is 0.379. The summed E-state index contributed by atoms with van der Waals surface area (Å²) in [6.45, 7) is 7.65. The Labute approximate surface area is 247 Å². The van der Waals surface area contributed by atoms with Gasteiger partial charge in [0.05, 0.1) is 10.5 Å². The minimum atomic E-state index is -0.213. The summed E-state index contributed by atoms with van der Waals surface area (Å²) in [6, 6.07) is 11.5. The molecule has 1 aromatic carbocycles. The summed E-state index contributed by atoms with van der Waals surface area (Å²) in [5, 5.41) is 0. The Morgan fingerprint density at radius 3 is 2.76 bits per heavy atom. The molecule has 5 heterocycles. The van der Waals surface area contributed by atoms with E-state index in [-0.39, 0.29) is 18.3 Å². The summed E-state index contributed by atoms with van der Waals surface area (Å²) < 4.78 is 18.4. The van der Waals surface area contributed by atoms with E-state index in [9.17, 15) is 9.59 Å². The summed E-state index contributed by atoms with van der Waals surface area (Å²) in [5.74, 6) is 1.97. The van der Waals surface area contributed by atoms with E-state index in [0.29, 0.717) is 65.5 Å². The molecule has 0 aliphatic carbocycles. The van der Waals surface area contributed by atoms with E-state index >= 15 is 0 Å². The van der Waals surface area contributed by atoms with E-state index < -0.39 is 0 Å². The van der Waals surface area contributed by atoms with Crippen LogP contribution in [0.15, 0.2) is 52.3 Å². The predicted octanol–water partition coefficient (Wildman–Crippen LogP) is 3.37. The second kappa shape index (κ2) is 12.2. The van der Waals surface area contributed by atoms with Gasteiger partial charge in [-0.2, -0.15) is 0 Å². The number of thiocarbonyl (C=S) groups is 1. The van der Waals surface area contributed by atoms with E-state index in [1.165, 1.54) is 16.2 Å². The van der Waals surface area contributed by atoms with Crippen molar-refractivity contribution in [1.29, 1.82) is 0 Å². The van der Waals surface area contributed by atoms with Crippen molar-refractivity contribution in [1.82, 2.24) is 19.2 Å². The van der Waals surface area contributed by atoms with E-state index in [4.69, 9.17) is 31.4 Å². The highest BCUT2D eigenvalue weighted by molar-refractivity contribution is 8.26. The number of fused-ring (bicyclic) bond motifs is 2. The third kappa shape index (κ3) is 5.82. The lowest BCUT2D eigenvalue weighted by atomic mass is 10.1. The van der Waals surface area contributed by atoms with Gasteiger partial charge in [0, 0.05) is 58.7 Å². The Balaban J connectivity index is 1.23. The molecule has 2 fully saturated rings. The normalized spacial score (nSPS) is 18.3. The average molecular weight is 594 g/mol. The van der Waals surface area contributed by atoms with Gasteiger partial charge in [-0.25, -0.2) is 4.98 Å². The first-order chi connectivity index (χ1) is 20.0. The molecular weight excluding hydrogens is 562 g/mol. The quantitative estimate of drug-likeness (QED) is 0.209. The number of ether oxygens (including phenoxy) is 3. The summed E-state index contributed by atoms with van der Waals surface area (Å²) in [7, 11) is 0. The molecule has 0 unspecified atom stereocenters. The average Bonchev–Trinajstić information content (AvgIpc) is 3.56. The van der Waals surface area contributed by atoms with Gasteiger partial charge in [-0.15, -0.1) is 0 Å². The first kappa shape index (κ1) is 27.7. The summed E-state index contributed by atoms with van der Waals surface area (Å²) in [4.78, 5) is 38.4. The highest BCUT2D eigenvalue weighted by atomic mass is 32.2. The minimum absolute atomic E-state index is 0.187. The van der Waals surface area contributed by atoms with E-state index in [2.05, 4.69) is 15.9 Å². The molecule has 3 aromatic rings. The maximum Gasteiger partial charge on any atom is 0.267 e. The molecule has 0 radical (unpaired) electrons. The Hall–Kier alpha value is -3.45. The van der Waals surface area contributed by atoms with Gasteiger partial charge in [-0.3, -0.25) is 23.8 Å². The van der Waals surface area contributed by atoms with Gasteiger partial charge >= 0.3 is 0 Å². The summed E-state index contributed by atoms with van der Waals surface area (Å²) in [5.41, 5.74) is 1.91. The van der Waals surface area contributed by atoms with E-state index in [1.807, 2.05) is 31.2 Å². The second-order valence-corrected chi connectivity index (χ2v) is 11.6. The molecule has 0 atom stereocenters. The van der Waals surface area contributed by atoms with Gasteiger partial charge < -0.3 is 19.1 Å². The molecule has 214 valence electrons. The van der Waals surface area contributed by atoms with Gasteiger partial charge in [0.15, 0.2) is 11.5 Å². The summed E-state index contributed by atoms with van der Waals surface area (Å²) in [6.07, 6.45) is 4.06. The molecule has 0 N–H and O–H groups in total. The standard InChI is InChI=1S/C29H31N5O5S2/c1-2-37-15-5-10-34-28(36)24(41-29(34)40)17-21-26(30-25-6-3-4-9-33(25)27(21)35)32-13-11-31(12-14-32)18-20-7-8-22-23(16-20)39-19-38-22/h3-4,6-9,16-17H,2,5,10-15,18-19H2,1H3/b24-17+. The predicted molar refractivity (Wildman–Crippen MR) is 163 cm³/mol. The highest BCUT2D eigenvalue weighted by Crippen LogP contribution is 2.35. The third-order valence-corrected chi connectivity index (χ3v) is 8.67. The first-order valence-corrected chi connectivity index (χ1v) is 14.9. The fourth-order valence-electron chi connectivity index (χ4n) is 5.17. The minimum Gasteiger partial charge on any atom is -0.454 e. The largest absolute Gasteiger partial charge is 0.454 e. The van der Waals surface area contributed by atoms with E-state index in [0.717, 1.165) is 36.7 Å². The van der Waals surface area contributed by atoms with E-state index in [1.54, 1.807) is 23.2 Å². The molecule has 0 spiro atoms. The van der Waals surface area contributed by atoms with Crippen LogP contribution in [0.3, 0.4) is 0 Å². The Kier molecular flexibility index (Phi) is 8.24. The van der Waals surface area contributed by atoms with Crippen LogP contribution in [0, 0.1) is 0 Å². The Morgan fingerprint density at radius 2 is 1.93 bits per heavy atom. The van der Waals surface area contributed by atoms with Crippen molar-refractivity contribution in [2.45, 2.75) is 19.9 Å². The zero-order valence-electron chi connectivity index (χ0n) is 22.8. The highest BCUT2D eigenvalue weighted by Gasteiger charge is 2.33. The number of nitrogens with zero attached hydrogens (tertiary/aromatic N) is 5. The molecule has 2 saturated heterocycles. The van der Waals surface area contributed by atoms with Crippen LogP contribution in [0.25, 0.3) is 11.7 Å². The number of pyridine rings is 1. The molecule has 1 amide bonds. The van der Waals surface area contributed by atoms with Crippen LogP contribution in [0.4, 0.5) is 5.82 Å². The van der Waals surface area contributed by atoms with Crippen LogP contribution in [0.1, 0.15) is 24.5 Å². The molecule has 12 heteroatoms. The lowest BCUT2D eigenvalue weighted by molar-refractivity contribution is -0.122. The number of anilines is 1. The van der Waals surface area contributed by atoms with Crippen LogP contribution < -0.4 is 19.9 Å². The number of rotatable bonds is 9. The van der Waals surface area contributed by atoms with Gasteiger partial charge in [0.1, 0.15) is 15.8 Å². The van der Waals surface area contributed by atoms with Gasteiger partial charge in [-0.1, -0.05) is 36.1 Å². The summed E-state index contributed by atoms with van der Waals surface area (Å²) >= 11 is 6.73. The van der Waals surface area contributed by atoms with Gasteiger partial charge in [0.2, 0.25) is 6.79 Å². The number of carbonyl (C=O) groups is 1. The fourth-order valence-corrected chi connectivity index (χ4v) is 6.46. The maximum atomic E-state index is 13.7. The third-order valence-electron chi connectivity index (χ3n) is 7.29. The number of hydrogen-bond acceptors (Lipinski definition) is 10. The number of thioether (sulfide) groups is 1. The van der Waals surface area contributed by atoms with Crippen LogP contribution in [0.2, 0.25) is 0 Å². The van der Waals surface area contributed by atoms with Crippen molar-refractivity contribution in [3.63, 3.8) is 0 Å². The number of benzene rings is 1. The van der Waals surface area contributed by atoms with Crippen LogP contribution in [0.5, 0.6) is 11.5 Å². The second-order valence-electron chi connectivity index (χ2n) is 9.92. The monoisotopic (exact) mass is 593 g/mol. The number of carbonyl (C=O) groups excluding carboxylic acids is 1. The smallest absolute Gasteiger partial charge is 0.267 e.